The van der Waals surface area contributed by atoms with Gasteiger partial charge in [0, 0.05) is 0 Å². The van der Waals surface area contributed by atoms with Crippen LogP contribution in [0, 0.1) is 13.8 Å². The molecular weight excluding hydrogens is 398 g/mol. The van der Waals surface area contributed by atoms with E-state index in [2.05, 4.69) is 82.2 Å². The third-order valence-electron chi connectivity index (χ3n) is 3.42. The van der Waals surface area contributed by atoms with Crippen molar-refractivity contribution in [3.8, 4) is 0 Å². The first-order valence-electron chi connectivity index (χ1n) is 6.78. The summed E-state index contributed by atoms with van der Waals surface area (Å²) >= 11 is 9.03. The molecule has 1 heterocycles. The van der Waals surface area contributed by atoms with Gasteiger partial charge in [-0.3, -0.25) is 0 Å². The third kappa shape index (κ3) is 3.53. The number of hydrogen-bond donors (Lipinski definition) is 1. The van der Waals surface area contributed by atoms with Crippen molar-refractivity contribution in [3.63, 3.8) is 0 Å². The molecular formula is C16H19Br2NS. The Morgan fingerprint density at radius 3 is 2.35 bits per heavy atom. The van der Waals surface area contributed by atoms with Crippen molar-refractivity contribution in [2.75, 3.05) is 6.54 Å². The average molecular weight is 417 g/mol. The molecule has 4 heteroatoms. The zero-order valence-corrected chi connectivity index (χ0v) is 16.0. The summed E-state index contributed by atoms with van der Waals surface area (Å²) in [5, 5.41) is 3.69. The molecule has 108 valence electrons. The van der Waals surface area contributed by atoms with Crippen molar-refractivity contribution in [1.29, 1.82) is 0 Å². The molecule has 20 heavy (non-hydrogen) atoms. The number of halogens is 2. The highest BCUT2D eigenvalue weighted by Gasteiger charge is 2.21. The molecule has 1 N–H and O–H groups in total. The lowest BCUT2D eigenvalue weighted by atomic mass is 9.92. The Bertz CT molecular complexity index is 572. The molecule has 0 radical (unpaired) electrons. The second-order valence-corrected chi connectivity index (χ2v) is 8.72. The summed E-state index contributed by atoms with van der Waals surface area (Å²) < 4.78 is 2.36. The lowest BCUT2D eigenvalue weighted by Gasteiger charge is -2.23. The summed E-state index contributed by atoms with van der Waals surface area (Å²) in [4.78, 5) is 0. The maximum absolute atomic E-state index is 3.70. The van der Waals surface area contributed by atoms with Gasteiger partial charge >= 0.3 is 0 Å². The summed E-state index contributed by atoms with van der Waals surface area (Å²) in [6.07, 6.45) is 1.13. The first-order chi connectivity index (χ1) is 9.54. The number of benzene rings is 1. The first kappa shape index (κ1) is 16.2. The topological polar surface area (TPSA) is 12.0 Å². The van der Waals surface area contributed by atoms with E-state index in [1.165, 1.54) is 26.0 Å². The van der Waals surface area contributed by atoms with Crippen molar-refractivity contribution in [1.82, 2.24) is 5.32 Å². The van der Waals surface area contributed by atoms with E-state index in [9.17, 15) is 0 Å². The Morgan fingerprint density at radius 2 is 1.85 bits per heavy atom. The second-order valence-electron chi connectivity index (χ2n) is 4.97. The summed E-state index contributed by atoms with van der Waals surface area (Å²) in [6, 6.07) is 8.97. The number of thiophene rings is 1. The molecule has 0 aliphatic carbocycles. The van der Waals surface area contributed by atoms with Crippen LogP contribution in [0.4, 0.5) is 0 Å². The predicted molar refractivity (Wildman–Crippen MR) is 95.8 cm³/mol. The molecule has 0 amide bonds. The second kappa shape index (κ2) is 7.21. The zero-order chi connectivity index (χ0) is 14.7. The summed E-state index contributed by atoms with van der Waals surface area (Å²) in [7, 11) is 0. The van der Waals surface area contributed by atoms with Crippen molar-refractivity contribution in [2.45, 2.75) is 33.2 Å². The van der Waals surface area contributed by atoms with E-state index in [0.29, 0.717) is 0 Å². The van der Waals surface area contributed by atoms with Crippen LogP contribution in [0.15, 0.2) is 31.8 Å². The largest absolute Gasteiger partial charge is 0.306 e. The number of hydrogen-bond acceptors (Lipinski definition) is 2. The Labute approximate surface area is 142 Å². The van der Waals surface area contributed by atoms with Gasteiger partial charge in [0.15, 0.2) is 0 Å². The molecule has 0 aliphatic heterocycles. The predicted octanol–water partition coefficient (Wildman–Crippen LogP) is 5.98. The lowest BCUT2D eigenvalue weighted by Crippen LogP contribution is -2.24. The van der Waals surface area contributed by atoms with Crippen LogP contribution in [0.25, 0.3) is 0 Å². The molecule has 2 aromatic rings. The molecule has 0 aliphatic rings. The fourth-order valence-electron chi connectivity index (χ4n) is 2.49. The summed E-state index contributed by atoms with van der Waals surface area (Å²) in [6.45, 7) is 7.60. The number of rotatable bonds is 5. The van der Waals surface area contributed by atoms with Gasteiger partial charge < -0.3 is 5.32 Å². The van der Waals surface area contributed by atoms with E-state index in [0.717, 1.165) is 16.8 Å². The van der Waals surface area contributed by atoms with Crippen LogP contribution in [-0.4, -0.2) is 6.54 Å². The van der Waals surface area contributed by atoms with Crippen molar-refractivity contribution >= 4 is 43.2 Å². The maximum Gasteiger partial charge on any atom is 0.0761 e. The SMILES string of the molecule is CCCNC(c1cc(Br)sc1Br)c1c(C)cccc1C. The molecule has 1 unspecified atom stereocenters. The molecule has 0 bridgehead atoms. The van der Waals surface area contributed by atoms with Gasteiger partial charge in [-0.05, 0) is 87.0 Å². The molecule has 1 nitrogen and oxygen atoms in total. The van der Waals surface area contributed by atoms with E-state index in [1.807, 2.05) is 0 Å². The Kier molecular flexibility index (Phi) is 5.84. The van der Waals surface area contributed by atoms with Gasteiger partial charge in [-0.1, -0.05) is 25.1 Å². The van der Waals surface area contributed by atoms with E-state index < -0.39 is 0 Å². The van der Waals surface area contributed by atoms with Crippen LogP contribution in [0.1, 0.15) is 41.6 Å². The highest BCUT2D eigenvalue weighted by Crippen LogP contribution is 2.39. The fourth-order valence-corrected chi connectivity index (χ4v) is 5.39. The minimum atomic E-state index is 0.244. The van der Waals surface area contributed by atoms with Gasteiger partial charge in [0.25, 0.3) is 0 Å². The Hall–Kier alpha value is -0.160. The van der Waals surface area contributed by atoms with Gasteiger partial charge in [-0.25, -0.2) is 0 Å². The maximum atomic E-state index is 3.70. The van der Waals surface area contributed by atoms with Gasteiger partial charge in [-0.2, -0.15) is 0 Å². The van der Waals surface area contributed by atoms with E-state index in [-0.39, 0.29) is 6.04 Å². The van der Waals surface area contributed by atoms with E-state index in [4.69, 9.17) is 0 Å². The molecule has 0 spiro atoms. The van der Waals surface area contributed by atoms with Crippen LogP contribution in [0.5, 0.6) is 0 Å². The third-order valence-corrected chi connectivity index (χ3v) is 5.81. The van der Waals surface area contributed by atoms with Crippen LogP contribution >= 0.6 is 43.2 Å². The minimum absolute atomic E-state index is 0.244. The minimum Gasteiger partial charge on any atom is -0.306 e. The fraction of sp³-hybridized carbons (Fsp3) is 0.375. The smallest absolute Gasteiger partial charge is 0.0761 e. The summed E-state index contributed by atoms with van der Waals surface area (Å²) in [5.41, 5.74) is 5.39. The van der Waals surface area contributed by atoms with Crippen molar-refractivity contribution < 1.29 is 0 Å². The van der Waals surface area contributed by atoms with Crippen LogP contribution in [0.2, 0.25) is 0 Å². The van der Waals surface area contributed by atoms with Crippen molar-refractivity contribution in [2.24, 2.45) is 0 Å². The number of nitrogens with one attached hydrogen (secondary N) is 1. The molecule has 0 saturated carbocycles. The molecule has 1 aromatic carbocycles. The monoisotopic (exact) mass is 415 g/mol. The van der Waals surface area contributed by atoms with Gasteiger partial charge in [0.05, 0.1) is 13.6 Å². The van der Waals surface area contributed by atoms with Crippen molar-refractivity contribution in [3.05, 3.63) is 54.1 Å². The molecule has 1 aromatic heterocycles. The Morgan fingerprint density at radius 1 is 1.20 bits per heavy atom. The quantitative estimate of drug-likeness (QED) is 0.632. The lowest BCUT2D eigenvalue weighted by molar-refractivity contribution is 0.594. The molecule has 0 fully saturated rings. The highest BCUT2D eigenvalue weighted by atomic mass is 79.9. The van der Waals surface area contributed by atoms with Crippen LogP contribution in [0.3, 0.4) is 0 Å². The standard InChI is InChI=1S/C16H19Br2NS/c1-4-8-19-15(12-9-13(17)20-16(12)18)14-10(2)6-5-7-11(14)3/h5-7,9,15,19H,4,8H2,1-3H3. The normalized spacial score (nSPS) is 12.7. The highest BCUT2D eigenvalue weighted by molar-refractivity contribution is 9.12. The number of aryl methyl sites for hydroxylation is 2. The summed E-state index contributed by atoms with van der Waals surface area (Å²) in [5.74, 6) is 0. The van der Waals surface area contributed by atoms with Crippen LogP contribution in [-0.2, 0) is 0 Å². The van der Waals surface area contributed by atoms with E-state index in [1.54, 1.807) is 11.3 Å². The van der Waals surface area contributed by atoms with Gasteiger partial charge in [0.2, 0.25) is 0 Å². The van der Waals surface area contributed by atoms with E-state index >= 15 is 0 Å². The average Bonchev–Trinajstić information content (AvgIpc) is 2.72. The zero-order valence-electron chi connectivity index (χ0n) is 12.0. The van der Waals surface area contributed by atoms with Gasteiger partial charge in [-0.15, -0.1) is 11.3 Å². The molecule has 1 atom stereocenters. The Balaban J connectivity index is 2.50. The first-order valence-corrected chi connectivity index (χ1v) is 9.19. The van der Waals surface area contributed by atoms with Crippen LogP contribution < -0.4 is 5.32 Å². The molecule has 0 saturated heterocycles. The van der Waals surface area contributed by atoms with Gasteiger partial charge in [0.1, 0.15) is 0 Å². The molecule has 2 rings (SSSR count).